The molecule has 1 fully saturated rings. The van der Waals surface area contributed by atoms with Crippen molar-refractivity contribution in [1.82, 2.24) is 19.8 Å². The SMILES string of the molecule is O=c1cc2c(nn1CC1CN(Cc3noc4c3CCC4)C1)CCCC2. The molecule has 6 nitrogen and oxygen atoms in total. The number of hydrogen-bond donors (Lipinski definition) is 0. The maximum Gasteiger partial charge on any atom is 0.267 e. The van der Waals surface area contributed by atoms with Gasteiger partial charge in [0.2, 0.25) is 0 Å². The van der Waals surface area contributed by atoms with Crippen LogP contribution >= 0.6 is 0 Å². The molecule has 5 rings (SSSR count). The summed E-state index contributed by atoms with van der Waals surface area (Å²) in [4.78, 5) is 14.7. The Morgan fingerprint density at radius 2 is 2.00 bits per heavy atom. The van der Waals surface area contributed by atoms with Gasteiger partial charge in [-0.2, -0.15) is 5.10 Å². The summed E-state index contributed by atoms with van der Waals surface area (Å²) in [6, 6.07) is 1.82. The van der Waals surface area contributed by atoms with E-state index in [1.165, 1.54) is 30.4 Å². The first-order valence-electron chi connectivity index (χ1n) is 9.55. The number of aryl methyl sites for hydroxylation is 3. The van der Waals surface area contributed by atoms with Crippen LogP contribution in [0.1, 0.15) is 47.5 Å². The molecule has 0 bridgehead atoms. The lowest BCUT2D eigenvalue weighted by atomic mass is 9.96. The Bertz CT molecular complexity index is 848. The monoisotopic (exact) mass is 340 g/mol. The van der Waals surface area contributed by atoms with Gasteiger partial charge in [0.1, 0.15) is 11.5 Å². The summed E-state index contributed by atoms with van der Waals surface area (Å²) in [6.45, 7) is 3.63. The Morgan fingerprint density at radius 3 is 2.92 bits per heavy atom. The fourth-order valence-electron chi connectivity index (χ4n) is 4.52. The zero-order valence-electron chi connectivity index (χ0n) is 14.5. The average molecular weight is 340 g/mol. The summed E-state index contributed by atoms with van der Waals surface area (Å²) < 4.78 is 7.13. The minimum absolute atomic E-state index is 0.0634. The summed E-state index contributed by atoms with van der Waals surface area (Å²) in [5.41, 5.74) is 4.84. The van der Waals surface area contributed by atoms with Crippen LogP contribution in [0, 0.1) is 5.92 Å². The number of rotatable bonds is 4. The standard InChI is InChI=1S/C19H24N4O2/c24-19-8-14-4-1-2-6-16(14)20-23(19)11-13-9-22(10-13)12-17-15-5-3-7-18(15)25-21-17/h8,13H,1-7,9-12H2. The second-order valence-corrected chi connectivity index (χ2v) is 7.79. The molecule has 0 radical (unpaired) electrons. The highest BCUT2D eigenvalue weighted by molar-refractivity contribution is 5.27. The molecule has 25 heavy (non-hydrogen) atoms. The van der Waals surface area contributed by atoms with Crippen molar-refractivity contribution in [3.05, 3.63) is 44.7 Å². The lowest BCUT2D eigenvalue weighted by molar-refractivity contribution is 0.0738. The van der Waals surface area contributed by atoms with Gasteiger partial charge in [0.15, 0.2) is 0 Å². The van der Waals surface area contributed by atoms with Crippen LogP contribution in [0.15, 0.2) is 15.4 Å². The van der Waals surface area contributed by atoms with Crippen molar-refractivity contribution in [2.24, 2.45) is 5.92 Å². The Kier molecular flexibility index (Phi) is 3.73. The molecule has 3 aliphatic rings. The highest BCUT2D eigenvalue weighted by Crippen LogP contribution is 2.28. The lowest BCUT2D eigenvalue weighted by Crippen LogP contribution is -2.49. The number of likely N-dealkylation sites (tertiary alicyclic amines) is 1. The molecule has 0 amide bonds. The molecule has 2 aromatic rings. The fraction of sp³-hybridized carbons (Fsp3) is 0.632. The van der Waals surface area contributed by atoms with E-state index < -0.39 is 0 Å². The number of aromatic nitrogens is 3. The third-order valence-electron chi connectivity index (χ3n) is 5.89. The number of nitrogens with zero attached hydrogens (tertiary/aromatic N) is 4. The zero-order chi connectivity index (χ0) is 16.8. The first kappa shape index (κ1) is 15.3. The Balaban J connectivity index is 1.21. The smallest absolute Gasteiger partial charge is 0.267 e. The predicted octanol–water partition coefficient (Wildman–Crippen LogP) is 1.73. The summed E-state index contributed by atoms with van der Waals surface area (Å²) in [7, 11) is 0. The van der Waals surface area contributed by atoms with E-state index in [4.69, 9.17) is 4.52 Å². The van der Waals surface area contributed by atoms with Gasteiger partial charge >= 0.3 is 0 Å². The molecule has 1 aliphatic heterocycles. The van der Waals surface area contributed by atoms with Crippen LogP contribution in [0.5, 0.6) is 0 Å². The molecule has 2 aromatic heterocycles. The summed E-state index contributed by atoms with van der Waals surface area (Å²) in [6.07, 6.45) is 7.75. The van der Waals surface area contributed by atoms with E-state index in [0.717, 1.165) is 69.0 Å². The maximum absolute atomic E-state index is 12.3. The second kappa shape index (κ2) is 6.09. The van der Waals surface area contributed by atoms with E-state index in [1.807, 2.05) is 6.07 Å². The van der Waals surface area contributed by atoms with Crippen LogP contribution in [0.25, 0.3) is 0 Å². The molecule has 0 spiro atoms. The quantitative estimate of drug-likeness (QED) is 0.848. The first-order chi connectivity index (χ1) is 12.3. The van der Waals surface area contributed by atoms with Crippen LogP contribution in [-0.4, -0.2) is 32.9 Å². The summed E-state index contributed by atoms with van der Waals surface area (Å²) >= 11 is 0. The van der Waals surface area contributed by atoms with E-state index in [1.54, 1.807) is 4.68 Å². The largest absolute Gasteiger partial charge is 0.361 e. The van der Waals surface area contributed by atoms with Crippen LogP contribution in [0.4, 0.5) is 0 Å². The minimum Gasteiger partial charge on any atom is -0.361 e. The molecule has 6 heteroatoms. The van der Waals surface area contributed by atoms with Crippen molar-refractivity contribution in [3.63, 3.8) is 0 Å². The number of fused-ring (bicyclic) bond motifs is 2. The molecule has 132 valence electrons. The van der Waals surface area contributed by atoms with Crippen molar-refractivity contribution < 1.29 is 4.52 Å². The topological polar surface area (TPSA) is 64.2 Å². The van der Waals surface area contributed by atoms with Gasteiger partial charge < -0.3 is 4.52 Å². The minimum atomic E-state index is 0.0634. The molecule has 0 aromatic carbocycles. The van der Waals surface area contributed by atoms with Crippen molar-refractivity contribution in [3.8, 4) is 0 Å². The molecule has 0 N–H and O–H groups in total. The summed E-state index contributed by atoms with van der Waals surface area (Å²) in [5, 5.41) is 8.89. The van der Waals surface area contributed by atoms with E-state index in [-0.39, 0.29) is 5.56 Å². The molecule has 0 atom stereocenters. The zero-order valence-corrected chi connectivity index (χ0v) is 14.5. The van der Waals surface area contributed by atoms with Gasteiger partial charge in [0.05, 0.1) is 12.2 Å². The van der Waals surface area contributed by atoms with Gasteiger partial charge in [-0.3, -0.25) is 9.69 Å². The maximum atomic E-state index is 12.3. The van der Waals surface area contributed by atoms with Crippen LogP contribution in [-0.2, 0) is 38.8 Å². The predicted molar refractivity (Wildman–Crippen MR) is 92.4 cm³/mol. The average Bonchev–Trinajstić information content (AvgIpc) is 3.18. The van der Waals surface area contributed by atoms with Gasteiger partial charge in [-0.25, -0.2) is 4.68 Å². The third-order valence-corrected chi connectivity index (χ3v) is 5.89. The second-order valence-electron chi connectivity index (χ2n) is 7.79. The van der Waals surface area contributed by atoms with E-state index in [9.17, 15) is 4.79 Å². The van der Waals surface area contributed by atoms with Gasteiger partial charge in [-0.15, -0.1) is 0 Å². The molecular formula is C19H24N4O2. The lowest BCUT2D eigenvalue weighted by Gasteiger charge is -2.38. The van der Waals surface area contributed by atoms with Gasteiger partial charge in [-0.05, 0) is 44.1 Å². The Morgan fingerprint density at radius 1 is 1.12 bits per heavy atom. The van der Waals surface area contributed by atoms with Crippen molar-refractivity contribution >= 4 is 0 Å². The van der Waals surface area contributed by atoms with E-state index >= 15 is 0 Å². The van der Waals surface area contributed by atoms with Crippen molar-refractivity contribution in [1.29, 1.82) is 0 Å². The molecule has 2 aliphatic carbocycles. The van der Waals surface area contributed by atoms with E-state index in [0.29, 0.717) is 5.92 Å². The van der Waals surface area contributed by atoms with Crippen LogP contribution < -0.4 is 5.56 Å². The Hall–Kier alpha value is -1.95. The normalized spacial score (nSPS) is 20.3. The molecule has 1 saturated heterocycles. The van der Waals surface area contributed by atoms with Gasteiger partial charge in [-0.1, -0.05) is 5.16 Å². The fourth-order valence-corrected chi connectivity index (χ4v) is 4.52. The molecule has 0 unspecified atom stereocenters. The van der Waals surface area contributed by atoms with Crippen LogP contribution in [0.3, 0.4) is 0 Å². The summed E-state index contributed by atoms with van der Waals surface area (Å²) in [5.74, 6) is 1.60. The highest BCUT2D eigenvalue weighted by atomic mass is 16.5. The number of hydrogen-bond acceptors (Lipinski definition) is 5. The van der Waals surface area contributed by atoms with Crippen LogP contribution in [0.2, 0.25) is 0 Å². The van der Waals surface area contributed by atoms with E-state index in [2.05, 4.69) is 15.2 Å². The van der Waals surface area contributed by atoms with Gasteiger partial charge in [0, 0.05) is 43.6 Å². The molecular weight excluding hydrogens is 316 g/mol. The highest BCUT2D eigenvalue weighted by Gasteiger charge is 2.30. The van der Waals surface area contributed by atoms with Gasteiger partial charge in [0.25, 0.3) is 5.56 Å². The van der Waals surface area contributed by atoms with Crippen molar-refractivity contribution in [2.45, 2.75) is 58.0 Å². The Labute approximate surface area is 146 Å². The first-order valence-corrected chi connectivity index (χ1v) is 9.55. The third kappa shape index (κ3) is 2.82. The molecule has 0 saturated carbocycles. The molecule has 3 heterocycles. The van der Waals surface area contributed by atoms with Crippen molar-refractivity contribution in [2.75, 3.05) is 13.1 Å².